The lowest BCUT2D eigenvalue weighted by molar-refractivity contribution is 0.180. The summed E-state index contributed by atoms with van der Waals surface area (Å²) < 4.78 is 0. The number of rotatable bonds is 3. The van der Waals surface area contributed by atoms with Crippen LogP contribution in [0.5, 0.6) is 0 Å². The van der Waals surface area contributed by atoms with E-state index in [1.807, 2.05) is 18.5 Å². The van der Waals surface area contributed by atoms with Crippen molar-refractivity contribution in [2.24, 2.45) is 11.8 Å². The maximum atomic E-state index is 4.44. The molecule has 0 radical (unpaired) electrons. The van der Waals surface area contributed by atoms with E-state index in [-0.39, 0.29) is 0 Å². The summed E-state index contributed by atoms with van der Waals surface area (Å²) in [4.78, 5) is 14.1. The first kappa shape index (κ1) is 12.6. The van der Waals surface area contributed by atoms with E-state index in [1.165, 1.54) is 45.2 Å². The fourth-order valence-electron chi connectivity index (χ4n) is 3.92. The summed E-state index contributed by atoms with van der Waals surface area (Å²) in [5.74, 6) is 2.74. The zero-order valence-electron chi connectivity index (χ0n) is 12.1. The van der Waals surface area contributed by atoms with Crippen molar-refractivity contribution in [2.45, 2.75) is 38.1 Å². The van der Waals surface area contributed by atoms with Crippen LogP contribution >= 0.6 is 0 Å². The van der Waals surface area contributed by atoms with Gasteiger partial charge in [0.1, 0.15) is 0 Å². The van der Waals surface area contributed by atoms with E-state index in [1.54, 1.807) is 0 Å². The summed E-state index contributed by atoms with van der Waals surface area (Å²) in [6.45, 7) is 4.92. The van der Waals surface area contributed by atoms with E-state index in [9.17, 15) is 0 Å². The van der Waals surface area contributed by atoms with Crippen molar-refractivity contribution in [2.75, 3.05) is 31.1 Å². The van der Waals surface area contributed by atoms with Gasteiger partial charge in [-0.15, -0.1) is 0 Å². The van der Waals surface area contributed by atoms with Gasteiger partial charge in [0.2, 0.25) is 5.95 Å². The van der Waals surface area contributed by atoms with Crippen LogP contribution in [0.4, 0.5) is 5.95 Å². The highest BCUT2D eigenvalue weighted by atomic mass is 15.3. The minimum absolute atomic E-state index is 0.738. The molecule has 2 atom stereocenters. The number of fused-ring (bicyclic) bond motifs is 1. The molecule has 1 aromatic heterocycles. The van der Waals surface area contributed by atoms with Crippen LogP contribution in [-0.2, 0) is 0 Å². The summed E-state index contributed by atoms with van der Waals surface area (Å²) in [6, 6.07) is 2.64. The Bertz CT molecular complexity index is 445. The van der Waals surface area contributed by atoms with E-state index in [0.717, 1.165) is 36.9 Å². The van der Waals surface area contributed by atoms with Gasteiger partial charge in [-0.1, -0.05) is 6.42 Å². The van der Waals surface area contributed by atoms with Gasteiger partial charge in [0.15, 0.2) is 0 Å². The number of aromatic nitrogens is 2. The summed E-state index contributed by atoms with van der Waals surface area (Å²) in [5.41, 5.74) is 0. The molecule has 20 heavy (non-hydrogen) atoms. The van der Waals surface area contributed by atoms with Crippen LogP contribution in [-0.4, -0.2) is 47.1 Å². The molecule has 0 N–H and O–H groups in total. The van der Waals surface area contributed by atoms with Gasteiger partial charge in [0.25, 0.3) is 0 Å². The molecule has 4 rings (SSSR count). The van der Waals surface area contributed by atoms with Crippen molar-refractivity contribution >= 4 is 5.95 Å². The Balaban J connectivity index is 1.50. The molecule has 2 aliphatic heterocycles. The molecule has 2 saturated heterocycles. The van der Waals surface area contributed by atoms with Gasteiger partial charge in [0.05, 0.1) is 0 Å². The zero-order chi connectivity index (χ0) is 13.4. The Labute approximate surface area is 121 Å². The monoisotopic (exact) mass is 272 g/mol. The van der Waals surface area contributed by atoms with Crippen LogP contribution < -0.4 is 4.90 Å². The standard InChI is InChI=1S/C16H24N4/c1-2-9-19(10-13-5-6-13)15-12-20(11-14(15)4-1)16-17-7-3-8-18-16/h3,7-8,13-15H,1-2,4-6,9-12H2/t14-,15+/m0/s1. The van der Waals surface area contributed by atoms with Crippen LogP contribution in [0.25, 0.3) is 0 Å². The third-order valence-corrected chi connectivity index (χ3v) is 5.17. The summed E-state index contributed by atoms with van der Waals surface area (Å²) in [5, 5.41) is 0. The molecule has 3 heterocycles. The molecule has 4 nitrogen and oxygen atoms in total. The smallest absolute Gasteiger partial charge is 0.225 e. The zero-order valence-corrected chi connectivity index (χ0v) is 12.1. The summed E-state index contributed by atoms with van der Waals surface area (Å²) in [7, 11) is 0. The van der Waals surface area contributed by atoms with Gasteiger partial charge in [-0.2, -0.15) is 0 Å². The Kier molecular flexibility index (Phi) is 3.34. The van der Waals surface area contributed by atoms with E-state index in [0.29, 0.717) is 0 Å². The van der Waals surface area contributed by atoms with E-state index in [4.69, 9.17) is 0 Å². The molecule has 0 aromatic carbocycles. The van der Waals surface area contributed by atoms with Crippen LogP contribution in [0.3, 0.4) is 0 Å². The van der Waals surface area contributed by atoms with Gasteiger partial charge < -0.3 is 4.90 Å². The van der Waals surface area contributed by atoms with E-state index >= 15 is 0 Å². The van der Waals surface area contributed by atoms with Gasteiger partial charge >= 0.3 is 0 Å². The first-order chi connectivity index (χ1) is 9.90. The molecule has 0 spiro atoms. The van der Waals surface area contributed by atoms with Crippen molar-refractivity contribution < 1.29 is 0 Å². The average molecular weight is 272 g/mol. The van der Waals surface area contributed by atoms with Gasteiger partial charge in [-0.05, 0) is 50.1 Å². The molecule has 3 aliphatic rings. The molecule has 0 bridgehead atoms. The Morgan fingerprint density at radius 2 is 1.90 bits per heavy atom. The van der Waals surface area contributed by atoms with Gasteiger partial charge in [0, 0.05) is 38.1 Å². The van der Waals surface area contributed by atoms with Crippen LogP contribution in [0, 0.1) is 11.8 Å². The predicted octanol–water partition coefficient (Wildman–Crippen LogP) is 2.18. The molecule has 1 aromatic rings. The quantitative estimate of drug-likeness (QED) is 0.844. The summed E-state index contributed by atoms with van der Waals surface area (Å²) >= 11 is 0. The van der Waals surface area contributed by atoms with Crippen molar-refractivity contribution in [3.05, 3.63) is 18.5 Å². The first-order valence-corrected chi connectivity index (χ1v) is 8.16. The molecule has 1 saturated carbocycles. The largest absolute Gasteiger partial charge is 0.339 e. The molecule has 0 amide bonds. The molecule has 3 fully saturated rings. The number of hydrogen-bond donors (Lipinski definition) is 0. The number of likely N-dealkylation sites (tertiary alicyclic amines) is 1. The minimum Gasteiger partial charge on any atom is -0.339 e. The SMILES string of the molecule is c1cnc(N2C[C@@H]3CCCCN(CC4CC4)[C@@H]3C2)nc1. The molecule has 4 heteroatoms. The lowest BCUT2D eigenvalue weighted by atomic mass is 9.98. The number of hydrogen-bond acceptors (Lipinski definition) is 4. The number of anilines is 1. The predicted molar refractivity (Wildman–Crippen MR) is 79.7 cm³/mol. The highest BCUT2D eigenvalue weighted by Crippen LogP contribution is 2.35. The van der Waals surface area contributed by atoms with Gasteiger partial charge in [-0.25, -0.2) is 9.97 Å². The highest BCUT2D eigenvalue weighted by Gasteiger charge is 2.40. The van der Waals surface area contributed by atoms with E-state index in [2.05, 4.69) is 19.8 Å². The van der Waals surface area contributed by atoms with Crippen molar-refractivity contribution in [3.8, 4) is 0 Å². The minimum atomic E-state index is 0.738. The highest BCUT2D eigenvalue weighted by molar-refractivity contribution is 5.32. The second-order valence-electron chi connectivity index (χ2n) is 6.72. The maximum absolute atomic E-state index is 4.44. The van der Waals surface area contributed by atoms with Crippen LogP contribution in [0.1, 0.15) is 32.1 Å². The fourth-order valence-corrected chi connectivity index (χ4v) is 3.92. The second-order valence-corrected chi connectivity index (χ2v) is 6.72. The maximum Gasteiger partial charge on any atom is 0.225 e. The number of nitrogens with zero attached hydrogens (tertiary/aromatic N) is 4. The lowest BCUT2D eigenvalue weighted by Gasteiger charge is -2.30. The van der Waals surface area contributed by atoms with Crippen LogP contribution in [0.2, 0.25) is 0 Å². The van der Waals surface area contributed by atoms with Crippen molar-refractivity contribution in [1.29, 1.82) is 0 Å². The van der Waals surface area contributed by atoms with Crippen LogP contribution in [0.15, 0.2) is 18.5 Å². The Morgan fingerprint density at radius 1 is 1.05 bits per heavy atom. The molecular weight excluding hydrogens is 248 g/mol. The third kappa shape index (κ3) is 2.53. The normalized spacial score (nSPS) is 31.1. The summed E-state index contributed by atoms with van der Waals surface area (Å²) in [6.07, 6.45) is 10.8. The molecule has 0 unspecified atom stereocenters. The van der Waals surface area contributed by atoms with Crippen molar-refractivity contribution in [1.82, 2.24) is 14.9 Å². The van der Waals surface area contributed by atoms with Gasteiger partial charge in [-0.3, -0.25) is 4.90 Å². The average Bonchev–Trinajstić information content (AvgIpc) is 3.24. The fraction of sp³-hybridized carbons (Fsp3) is 0.750. The lowest BCUT2D eigenvalue weighted by Crippen LogP contribution is -2.41. The van der Waals surface area contributed by atoms with Crippen molar-refractivity contribution in [3.63, 3.8) is 0 Å². The van der Waals surface area contributed by atoms with E-state index < -0.39 is 0 Å². The molecule has 108 valence electrons. The molecular formula is C16H24N4. The topological polar surface area (TPSA) is 32.3 Å². The molecule has 1 aliphatic carbocycles. The second kappa shape index (κ2) is 5.32. The Morgan fingerprint density at radius 3 is 2.70 bits per heavy atom. The Hall–Kier alpha value is -1.16. The third-order valence-electron chi connectivity index (χ3n) is 5.17. The first-order valence-electron chi connectivity index (χ1n) is 8.16.